The Bertz CT molecular complexity index is 1460. The van der Waals surface area contributed by atoms with Crippen LogP contribution in [0.3, 0.4) is 0 Å². The molecule has 3 aromatic carbocycles. The normalized spacial score (nSPS) is 18.5. The minimum atomic E-state index is -0.732. The number of morpholine rings is 1. The standard InChI is InChI=1S/C35H38N2O6/c1-3-20-42-29-14-15-30(25(2)23-29)33(38)31-32(27-10-12-28(13-11-27)43-24-26-8-5-4-6-9-26)37(35(40)34(31)39)17-7-16-36-18-21-41-22-19-36/h3-6,8-15,23,32,38H,1,7,16-22,24H2,2H3. The van der Waals surface area contributed by atoms with Crippen LogP contribution < -0.4 is 9.47 Å². The lowest BCUT2D eigenvalue weighted by Gasteiger charge is -2.29. The third-order valence-electron chi connectivity index (χ3n) is 7.78. The number of Topliss-reactive ketones (excluding diaryl/α,β-unsaturated/α-hetero) is 1. The summed E-state index contributed by atoms with van der Waals surface area (Å²) in [5.41, 5.74) is 3.06. The summed E-state index contributed by atoms with van der Waals surface area (Å²) in [7, 11) is 0. The van der Waals surface area contributed by atoms with Crippen molar-refractivity contribution < 1.29 is 28.9 Å². The predicted octanol–water partition coefficient (Wildman–Crippen LogP) is 5.28. The fourth-order valence-corrected chi connectivity index (χ4v) is 5.53. The number of carbonyl (C=O) groups excluding carboxylic acids is 2. The molecule has 0 spiro atoms. The smallest absolute Gasteiger partial charge is 0.295 e. The molecule has 2 aliphatic rings. The Morgan fingerprint density at radius 3 is 2.40 bits per heavy atom. The van der Waals surface area contributed by atoms with Gasteiger partial charge in [-0.05, 0) is 60.4 Å². The van der Waals surface area contributed by atoms with Crippen LogP contribution in [0.2, 0.25) is 0 Å². The number of amides is 1. The Kier molecular flexibility index (Phi) is 9.92. The van der Waals surface area contributed by atoms with E-state index in [0.29, 0.717) is 56.5 Å². The van der Waals surface area contributed by atoms with Crippen LogP contribution in [0.25, 0.3) is 5.76 Å². The minimum Gasteiger partial charge on any atom is -0.507 e. The molecule has 43 heavy (non-hydrogen) atoms. The lowest BCUT2D eigenvalue weighted by Crippen LogP contribution is -2.38. The highest BCUT2D eigenvalue weighted by molar-refractivity contribution is 6.46. The molecule has 2 aliphatic heterocycles. The van der Waals surface area contributed by atoms with Crippen LogP contribution >= 0.6 is 0 Å². The fraction of sp³-hybridized carbons (Fsp3) is 0.314. The second-order valence-corrected chi connectivity index (χ2v) is 10.7. The highest BCUT2D eigenvalue weighted by Gasteiger charge is 2.46. The number of carbonyl (C=O) groups is 2. The molecule has 5 rings (SSSR count). The van der Waals surface area contributed by atoms with Crippen molar-refractivity contribution in [1.82, 2.24) is 9.80 Å². The van der Waals surface area contributed by atoms with Gasteiger partial charge in [0.05, 0.1) is 24.8 Å². The summed E-state index contributed by atoms with van der Waals surface area (Å²) < 4.78 is 17.0. The van der Waals surface area contributed by atoms with Crippen molar-refractivity contribution in [3.8, 4) is 11.5 Å². The van der Waals surface area contributed by atoms with Gasteiger partial charge in [0.25, 0.3) is 11.7 Å². The number of likely N-dealkylation sites (tertiary alicyclic amines) is 1. The summed E-state index contributed by atoms with van der Waals surface area (Å²) in [6.45, 7) is 10.5. The molecule has 8 nitrogen and oxygen atoms in total. The molecule has 0 aromatic heterocycles. The topological polar surface area (TPSA) is 88.5 Å². The first kappa shape index (κ1) is 30.1. The van der Waals surface area contributed by atoms with Crippen molar-refractivity contribution in [3.05, 3.63) is 113 Å². The van der Waals surface area contributed by atoms with Gasteiger partial charge in [-0.15, -0.1) is 0 Å². The molecule has 224 valence electrons. The Hall–Kier alpha value is -4.40. The van der Waals surface area contributed by atoms with E-state index in [9.17, 15) is 14.7 Å². The van der Waals surface area contributed by atoms with E-state index in [1.54, 1.807) is 29.2 Å². The molecule has 3 aromatic rings. The molecule has 8 heteroatoms. The highest BCUT2D eigenvalue weighted by atomic mass is 16.5. The number of aryl methyl sites for hydroxylation is 1. The van der Waals surface area contributed by atoms with E-state index >= 15 is 0 Å². The fourth-order valence-electron chi connectivity index (χ4n) is 5.53. The number of ether oxygens (including phenoxy) is 3. The maximum Gasteiger partial charge on any atom is 0.295 e. The first-order valence-corrected chi connectivity index (χ1v) is 14.7. The molecule has 2 fully saturated rings. The summed E-state index contributed by atoms with van der Waals surface area (Å²) in [6.07, 6.45) is 2.35. The van der Waals surface area contributed by atoms with Gasteiger partial charge in [0, 0.05) is 31.7 Å². The molecular weight excluding hydrogens is 544 g/mol. The van der Waals surface area contributed by atoms with Crippen LogP contribution in [0.4, 0.5) is 0 Å². The van der Waals surface area contributed by atoms with Gasteiger partial charge in [-0.3, -0.25) is 14.5 Å². The molecule has 0 saturated carbocycles. The van der Waals surface area contributed by atoms with E-state index in [4.69, 9.17) is 14.2 Å². The van der Waals surface area contributed by atoms with Crippen LogP contribution in [0.1, 0.15) is 34.7 Å². The van der Waals surface area contributed by atoms with Gasteiger partial charge >= 0.3 is 0 Å². The van der Waals surface area contributed by atoms with E-state index in [2.05, 4.69) is 11.5 Å². The molecule has 0 radical (unpaired) electrons. The van der Waals surface area contributed by atoms with E-state index in [0.717, 1.165) is 36.3 Å². The van der Waals surface area contributed by atoms with Crippen LogP contribution in [0.15, 0.2) is 91.0 Å². The van der Waals surface area contributed by atoms with Gasteiger partial charge in [-0.2, -0.15) is 0 Å². The number of ketones is 1. The Morgan fingerprint density at radius 2 is 1.70 bits per heavy atom. The zero-order valence-electron chi connectivity index (χ0n) is 24.5. The first-order valence-electron chi connectivity index (χ1n) is 14.7. The van der Waals surface area contributed by atoms with Gasteiger partial charge in [-0.1, -0.05) is 55.1 Å². The molecule has 0 bridgehead atoms. The number of aliphatic hydroxyl groups is 1. The van der Waals surface area contributed by atoms with Crippen LogP contribution in [-0.4, -0.2) is 72.6 Å². The maximum atomic E-state index is 13.5. The number of aliphatic hydroxyl groups excluding tert-OH is 1. The lowest BCUT2D eigenvalue weighted by molar-refractivity contribution is -0.140. The third kappa shape index (κ3) is 7.16. The summed E-state index contributed by atoms with van der Waals surface area (Å²) in [5, 5.41) is 11.6. The molecule has 1 N–H and O–H groups in total. The Balaban J connectivity index is 1.44. The Labute approximate surface area is 252 Å². The number of hydrogen-bond donors (Lipinski definition) is 1. The van der Waals surface area contributed by atoms with Gasteiger partial charge in [0.15, 0.2) is 0 Å². The Morgan fingerprint density at radius 1 is 0.977 bits per heavy atom. The van der Waals surface area contributed by atoms with Crippen molar-refractivity contribution >= 4 is 17.4 Å². The monoisotopic (exact) mass is 582 g/mol. The molecule has 0 aliphatic carbocycles. The largest absolute Gasteiger partial charge is 0.507 e. The lowest BCUT2D eigenvalue weighted by atomic mass is 9.93. The zero-order valence-corrected chi connectivity index (χ0v) is 24.5. The second kappa shape index (κ2) is 14.2. The van der Waals surface area contributed by atoms with Gasteiger partial charge in [-0.25, -0.2) is 0 Å². The quantitative estimate of drug-likeness (QED) is 0.135. The number of benzene rings is 3. The van der Waals surface area contributed by atoms with E-state index in [-0.39, 0.29) is 11.3 Å². The van der Waals surface area contributed by atoms with Crippen molar-refractivity contribution in [3.63, 3.8) is 0 Å². The van der Waals surface area contributed by atoms with Gasteiger partial charge in [0.2, 0.25) is 0 Å². The number of nitrogens with zero attached hydrogens (tertiary/aromatic N) is 2. The number of hydrogen-bond acceptors (Lipinski definition) is 7. The van der Waals surface area contributed by atoms with Crippen molar-refractivity contribution in [1.29, 1.82) is 0 Å². The summed E-state index contributed by atoms with van der Waals surface area (Å²) in [5.74, 6) is -0.203. The molecular formula is C35H38N2O6. The van der Waals surface area contributed by atoms with Gasteiger partial charge in [0.1, 0.15) is 30.5 Å². The predicted molar refractivity (Wildman–Crippen MR) is 165 cm³/mol. The molecule has 1 amide bonds. The van der Waals surface area contributed by atoms with E-state index in [1.807, 2.05) is 61.5 Å². The van der Waals surface area contributed by atoms with Crippen LogP contribution in [0, 0.1) is 6.92 Å². The minimum absolute atomic E-state index is 0.0807. The third-order valence-corrected chi connectivity index (χ3v) is 7.78. The van der Waals surface area contributed by atoms with Crippen molar-refractivity contribution in [2.45, 2.75) is 26.0 Å². The number of rotatable bonds is 12. The summed E-state index contributed by atoms with van der Waals surface area (Å²) >= 11 is 0. The molecule has 1 atom stereocenters. The first-order chi connectivity index (χ1) is 21.0. The van der Waals surface area contributed by atoms with E-state index in [1.165, 1.54) is 0 Å². The second-order valence-electron chi connectivity index (χ2n) is 10.7. The molecule has 2 heterocycles. The summed E-state index contributed by atoms with van der Waals surface area (Å²) in [4.78, 5) is 30.9. The summed E-state index contributed by atoms with van der Waals surface area (Å²) in [6, 6.07) is 21.8. The van der Waals surface area contributed by atoms with Crippen LogP contribution in [-0.2, 0) is 20.9 Å². The molecule has 1 unspecified atom stereocenters. The van der Waals surface area contributed by atoms with Crippen LogP contribution in [0.5, 0.6) is 11.5 Å². The molecule has 2 saturated heterocycles. The average molecular weight is 583 g/mol. The maximum absolute atomic E-state index is 13.5. The average Bonchev–Trinajstić information content (AvgIpc) is 3.29. The van der Waals surface area contributed by atoms with E-state index < -0.39 is 17.7 Å². The zero-order chi connectivity index (χ0) is 30.2. The SMILES string of the molecule is C=CCOc1ccc(C(O)=C2C(=O)C(=O)N(CCCN3CCOCC3)C2c2ccc(OCc3ccccc3)cc2)c(C)c1. The van der Waals surface area contributed by atoms with Crippen molar-refractivity contribution in [2.75, 3.05) is 46.0 Å². The van der Waals surface area contributed by atoms with Crippen molar-refractivity contribution in [2.24, 2.45) is 0 Å². The highest BCUT2D eigenvalue weighted by Crippen LogP contribution is 2.40. The van der Waals surface area contributed by atoms with Gasteiger partial charge < -0.3 is 24.2 Å².